The summed E-state index contributed by atoms with van der Waals surface area (Å²) in [5.74, 6) is 0.776. The molecular weight excluding hydrogens is 271 g/mol. The average molecular weight is 289 g/mol. The Bertz CT molecular complexity index is 440. The highest BCUT2D eigenvalue weighted by molar-refractivity contribution is 6.35. The number of ether oxygens (including phenoxy) is 1. The summed E-state index contributed by atoms with van der Waals surface area (Å²) in [6, 6.07) is 3.42. The third-order valence-corrected chi connectivity index (χ3v) is 3.07. The van der Waals surface area contributed by atoms with E-state index >= 15 is 0 Å². The van der Waals surface area contributed by atoms with Crippen LogP contribution in [0.1, 0.15) is 36.7 Å². The molecule has 2 nitrogen and oxygen atoms in total. The second-order valence-corrected chi connectivity index (χ2v) is 5.84. The van der Waals surface area contributed by atoms with E-state index in [1.165, 1.54) is 0 Å². The molecule has 100 valence electrons. The number of hydrogen-bond donors (Lipinski definition) is 0. The van der Waals surface area contributed by atoms with Crippen molar-refractivity contribution in [3.05, 3.63) is 28.3 Å². The molecule has 1 unspecified atom stereocenters. The highest BCUT2D eigenvalue weighted by Crippen LogP contribution is 2.29. The monoisotopic (exact) mass is 288 g/mol. The van der Waals surface area contributed by atoms with Crippen LogP contribution in [0, 0.1) is 12.8 Å². The molecule has 0 saturated carbocycles. The first kappa shape index (κ1) is 15.3. The van der Waals surface area contributed by atoms with Crippen molar-refractivity contribution in [1.29, 1.82) is 0 Å². The minimum absolute atomic E-state index is 0.169. The van der Waals surface area contributed by atoms with Crippen LogP contribution in [0.3, 0.4) is 0 Å². The molecule has 1 rings (SSSR count). The zero-order valence-electron chi connectivity index (χ0n) is 11.1. The van der Waals surface area contributed by atoms with Crippen LogP contribution in [-0.2, 0) is 0 Å². The van der Waals surface area contributed by atoms with E-state index in [0.717, 1.165) is 5.56 Å². The fourth-order valence-electron chi connectivity index (χ4n) is 1.44. The lowest BCUT2D eigenvalue weighted by Crippen LogP contribution is -2.14. The molecular formula is C14H18Cl2O2. The Labute approximate surface area is 118 Å². The predicted octanol–water partition coefficient (Wildman–Crippen LogP) is 4.49. The van der Waals surface area contributed by atoms with E-state index in [1.54, 1.807) is 19.1 Å². The van der Waals surface area contributed by atoms with E-state index in [9.17, 15) is 4.79 Å². The van der Waals surface area contributed by atoms with Gasteiger partial charge in [-0.25, -0.2) is 0 Å². The van der Waals surface area contributed by atoms with Crippen molar-refractivity contribution in [2.45, 2.75) is 33.1 Å². The lowest BCUT2D eigenvalue weighted by molar-refractivity contribution is 0.0987. The molecule has 0 N–H and O–H groups in total. The lowest BCUT2D eigenvalue weighted by Gasteiger charge is -2.15. The number of rotatable bonds is 5. The first-order valence-electron chi connectivity index (χ1n) is 5.94. The van der Waals surface area contributed by atoms with E-state index in [1.807, 2.05) is 6.92 Å². The number of ketones is 1. The Hall–Kier alpha value is -0.730. The number of alkyl halides is 1. The molecule has 0 spiro atoms. The zero-order chi connectivity index (χ0) is 13.9. The Balaban J connectivity index is 3.12. The fraction of sp³-hybridized carbons (Fsp3) is 0.500. The van der Waals surface area contributed by atoms with Crippen LogP contribution >= 0.6 is 23.2 Å². The largest absolute Gasteiger partial charge is 0.493 e. The quantitative estimate of drug-likeness (QED) is 0.589. The van der Waals surface area contributed by atoms with Crippen molar-refractivity contribution in [3.8, 4) is 5.75 Å². The minimum Gasteiger partial charge on any atom is -0.493 e. The van der Waals surface area contributed by atoms with Gasteiger partial charge in [0, 0.05) is 5.02 Å². The van der Waals surface area contributed by atoms with Crippen LogP contribution in [0.25, 0.3) is 0 Å². The number of halogens is 2. The number of Topliss-reactive ketones (excluding diaryl/α,β-unsaturated/α-hetero) is 1. The van der Waals surface area contributed by atoms with Gasteiger partial charge < -0.3 is 4.74 Å². The van der Waals surface area contributed by atoms with Gasteiger partial charge in [-0.15, -0.1) is 11.6 Å². The van der Waals surface area contributed by atoms with Crippen molar-refractivity contribution < 1.29 is 9.53 Å². The first-order valence-corrected chi connectivity index (χ1v) is 6.75. The van der Waals surface area contributed by atoms with Crippen molar-refractivity contribution in [1.82, 2.24) is 0 Å². The van der Waals surface area contributed by atoms with Crippen LogP contribution in [0.4, 0.5) is 0 Å². The fourth-order valence-corrected chi connectivity index (χ4v) is 1.72. The molecule has 0 aliphatic rings. The molecule has 0 saturated heterocycles. The summed E-state index contributed by atoms with van der Waals surface area (Å²) in [6.07, 6.45) is 0. The average Bonchev–Trinajstić information content (AvgIpc) is 2.28. The highest BCUT2D eigenvalue weighted by atomic mass is 35.5. The molecule has 0 bridgehead atoms. The van der Waals surface area contributed by atoms with Gasteiger partial charge in [0.2, 0.25) is 0 Å². The lowest BCUT2D eigenvalue weighted by atomic mass is 10.0. The number of aryl methyl sites for hydroxylation is 1. The van der Waals surface area contributed by atoms with Gasteiger partial charge in [0.05, 0.1) is 17.5 Å². The van der Waals surface area contributed by atoms with E-state index in [4.69, 9.17) is 27.9 Å². The molecule has 0 aliphatic carbocycles. The van der Waals surface area contributed by atoms with Gasteiger partial charge in [0.1, 0.15) is 5.75 Å². The van der Waals surface area contributed by atoms with Crippen LogP contribution in [0.5, 0.6) is 5.75 Å². The molecule has 0 radical (unpaired) electrons. The molecule has 0 heterocycles. The maximum Gasteiger partial charge on any atom is 0.184 e. The van der Waals surface area contributed by atoms with Gasteiger partial charge in [-0.2, -0.15) is 0 Å². The molecule has 0 aliphatic heterocycles. The number of benzene rings is 1. The van der Waals surface area contributed by atoms with E-state index < -0.39 is 5.38 Å². The first-order chi connectivity index (χ1) is 8.32. The Kier molecular flexibility index (Phi) is 5.48. The summed E-state index contributed by atoms with van der Waals surface area (Å²) in [7, 11) is 0. The SMILES string of the molecule is Cc1cc(OCC(C)C)c(C(=O)C(C)Cl)cc1Cl. The highest BCUT2D eigenvalue weighted by Gasteiger charge is 2.19. The summed E-state index contributed by atoms with van der Waals surface area (Å²) < 4.78 is 5.67. The molecule has 1 aromatic carbocycles. The third kappa shape index (κ3) is 3.89. The molecule has 0 amide bonds. The number of carbonyl (C=O) groups is 1. The maximum absolute atomic E-state index is 12.0. The molecule has 18 heavy (non-hydrogen) atoms. The molecule has 1 atom stereocenters. The van der Waals surface area contributed by atoms with Crippen LogP contribution in [0.2, 0.25) is 5.02 Å². The topological polar surface area (TPSA) is 26.3 Å². The van der Waals surface area contributed by atoms with Crippen molar-refractivity contribution in [3.63, 3.8) is 0 Å². The van der Waals surface area contributed by atoms with E-state index in [-0.39, 0.29) is 5.78 Å². The summed E-state index contributed by atoms with van der Waals surface area (Å²) in [4.78, 5) is 12.0. The Morgan fingerprint density at radius 3 is 2.44 bits per heavy atom. The van der Waals surface area contributed by atoms with Gasteiger partial charge >= 0.3 is 0 Å². The smallest absolute Gasteiger partial charge is 0.184 e. The molecule has 0 aromatic heterocycles. The van der Waals surface area contributed by atoms with E-state index in [2.05, 4.69) is 13.8 Å². The van der Waals surface area contributed by atoms with Crippen LogP contribution in [0.15, 0.2) is 12.1 Å². The van der Waals surface area contributed by atoms with Gasteiger partial charge in [0.15, 0.2) is 5.78 Å². The number of carbonyl (C=O) groups excluding carboxylic acids is 1. The maximum atomic E-state index is 12.0. The van der Waals surface area contributed by atoms with Gasteiger partial charge in [0.25, 0.3) is 0 Å². The summed E-state index contributed by atoms with van der Waals surface area (Å²) in [6.45, 7) is 8.17. The predicted molar refractivity (Wildman–Crippen MR) is 76.2 cm³/mol. The molecule has 4 heteroatoms. The van der Waals surface area contributed by atoms with Gasteiger partial charge in [-0.05, 0) is 37.5 Å². The van der Waals surface area contributed by atoms with Gasteiger partial charge in [-0.1, -0.05) is 25.4 Å². The second kappa shape index (κ2) is 6.44. The molecule has 0 fully saturated rings. The molecule has 1 aromatic rings. The zero-order valence-corrected chi connectivity index (χ0v) is 12.6. The number of hydrogen-bond acceptors (Lipinski definition) is 2. The van der Waals surface area contributed by atoms with Crippen molar-refractivity contribution in [2.24, 2.45) is 5.92 Å². The van der Waals surface area contributed by atoms with Crippen molar-refractivity contribution in [2.75, 3.05) is 6.61 Å². The second-order valence-electron chi connectivity index (χ2n) is 4.78. The van der Waals surface area contributed by atoms with Gasteiger partial charge in [-0.3, -0.25) is 4.79 Å². The standard InChI is InChI=1S/C14H18Cl2O2/c1-8(2)7-18-13-5-9(3)12(16)6-11(13)14(17)10(4)15/h5-6,8,10H,7H2,1-4H3. The Morgan fingerprint density at radius 2 is 1.94 bits per heavy atom. The minimum atomic E-state index is -0.592. The normalized spacial score (nSPS) is 12.6. The van der Waals surface area contributed by atoms with Crippen LogP contribution in [-0.4, -0.2) is 17.8 Å². The Morgan fingerprint density at radius 1 is 1.33 bits per heavy atom. The third-order valence-electron chi connectivity index (χ3n) is 2.46. The van der Waals surface area contributed by atoms with Crippen molar-refractivity contribution >= 4 is 29.0 Å². The summed E-state index contributed by atoms with van der Waals surface area (Å²) in [5.41, 5.74) is 1.34. The summed E-state index contributed by atoms with van der Waals surface area (Å²) in [5, 5.41) is -0.0438. The van der Waals surface area contributed by atoms with E-state index in [0.29, 0.717) is 28.9 Å². The summed E-state index contributed by atoms with van der Waals surface area (Å²) >= 11 is 11.9. The van der Waals surface area contributed by atoms with Crippen LogP contribution < -0.4 is 4.74 Å².